The van der Waals surface area contributed by atoms with Crippen molar-refractivity contribution in [1.29, 1.82) is 0 Å². The summed E-state index contributed by atoms with van der Waals surface area (Å²) in [7, 11) is 1.79. The van der Waals surface area contributed by atoms with Crippen LogP contribution in [0.3, 0.4) is 0 Å². The Labute approximate surface area is 101 Å². The second kappa shape index (κ2) is 5.85. The van der Waals surface area contributed by atoms with Crippen LogP contribution in [0.15, 0.2) is 12.3 Å². The minimum atomic E-state index is -0.0639. The number of hydrogen-bond acceptors (Lipinski definition) is 2. The summed E-state index contributed by atoms with van der Waals surface area (Å²) in [6.45, 7) is 4.69. The first kappa shape index (κ1) is 13.0. The van der Waals surface area contributed by atoms with Crippen LogP contribution in [0.5, 0.6) is 0 Å². The molecule has 0 aliphatic heterocycles. The van der Waals surface area contributed by atoms with Crippen LogP contribution < -0.4 is 0 Å². The number of amides is 1. The lowest BCUT2D eigenvalue weighted by Crippen LogP contribution is -2.28. The molecule has 0 aliphatic rings. The molecule has 0 radical (unpaired) electrons. The first-order valence-electron chi connectivity index (χ1n) is 5.44. The Morgan fingerprint density at radius 2 is 2.25 bits per heavy atom. The second-order valence-electron chi connectivity index (χ2n) is 3.89. The summed E-state index contributed by atoms with van der Waals surface area (Å²) in [5.41, 5.74) is 1.30. The number of halogens is 1. The Balaban J connectivity index is 2.79. The third-order valence-electron chi connectivity index (χ3n) is 2.41. The van der Waals surface area contributed by atoms with E-state index in [0.29, 0.717) is 10.6 Å². The van der Waals surface area contributed by atoms with Gasteiger partial charge in [-0.25, -0.2) is 0 Å². The molecular formula is C12H17ClN2O. The Kier molecular flexibility index (Phi) is 4.74. The van der Waals surface area contributed by atoms with Gasteiger partial charge in [0.15, 0.2) is 0 Å². The highest BCUT2D eigenvalue weighted by Crippen LogP contribution is 2.17. The highest BCUT2D eigenvalue weighted by atomic mass is 35.5. The largest absolute Gasteiger partial charge is 0.342 e. The van der Waals surface area contributed by atoms with Crippen molar-refractivity contribution in [2.24, 2.45) is 0 Å². The van der Waals surface area contributed by atoms with Gasteiger partial charge in [-0.05, 0) is 19.4 Å². The maximum atomic E-state index is 12.0. The number of nitrogens with zero attached hydrogens (tertiary/aromatic N) is 2. The molecule has 1 amide bonds. The summed E-state index contributed by atoms with van der Waals surface area (Å²) in [6.07, 6.45) is 3.61. The number of hydrogen-bond donors (Lipinski definition) is 0. The van der Waals surface area contributed by atoms with E-state index in [9.17, 15) is 4.79 Å². The van der Waals surface area contributed by atoms with Crippen molar-refractivity contribution in [2.75, 3.05) is 13.6 Å². The van der Waals surface area contributed by atoms with E-state index in [2.05, 4.69) is 11.9 Å². The minimum absolute atomic E-state index is 0.0639. The summed E-state index contributed by atoms with van der Waals surface area (Å²) >= 11 is 6.01. The number of aromatic nitrogens is 1. The molecule has 0 saturated heterocycles. The van der Waals surface area contributed by atoms with Gasteiger partial charge in [0.1, 0.15) is 0 Å². The van der Waals surface area contributed by atoms with Crippen LogP contribution >= 0.6 is 11.6 Å². The topological polar surface area (TPSA) is 33.2 Å². The number of pyridine rings is 1. The van der Waals surface area contributed by atoms with Crippen LogP contribution in [0, 0.1) is 6.92 Å². The SMILES string of the molecule is CCCCN(C)C(=O)c1cnc(C)cc1Cl. The van der Waals surface area contributed by atoms with Crippen LogP contribution in [0.4, 0.5) is 0 Å². The van der Waals surface area contributed by atoms with Crippen molar-refractivity contribution in [3.05, 3.63) is 28.5 Å². The number of carbonyl (C=O) groups is 1. The van der Waals surface area contributed by atoms with Crippen molar-refractivity contribution in [1.82, 2.24) is 9.88 Å². The molecule has 1 rings (SSSR count). The highest BCUT2D eigenvalue weighted by Gasteiger charge is 2.15. The van der Waals surface area contributed by atoms with Gasteiger partial charge in [-0.2, -0.15) is 0 Å². The normalized spacial score (nSPS) is 10.2. The Bertz CT molecular complexity index is 379. The van der Waals surface area contributed by atoms with E-state index in [-0.39, 0.29) is 5.91 Å². The number of carbonyl (C=O) groups excluding carboxylic acids is 1. The first-order chi connectivity index (χ1) is 7.56. The molecule has 1 aromatic heterocycles. The summed E-state index contributed by atoms with van der Waals surface area (Å²) in [5, 5.41) is 0.473. The Hall–Kier alpha value is -1.09. The molecule has 0 spiro atoms. The third kappa shape index (κ3) is 3.20. The van der Waals surface area contributed by atoms with E-state index in [1.54, 1.807) is 24.2 Å². The number of rotatable bonds is 4. The van der Waals surface area contributed by atoms with Crippen LogP contribution in [0.2, 0.25) is 5.02 Å². The number of unbranched alkanes of at least 4 members (excludes halogenated alkanes) is 1. The predicted molar refractivity (Wildman–Crippen MR) is 65.9 cm³/mol. The van der Waals surface area contributed by atoms with Gasteiger partial charge >= 0.3 is 0 Å². The van der Waals surface area contributed by atoms with Crippen LogP contribution in [-0.2, 0) is 0 Å². The van der Waals surface area contributed by atoms with Crippen LogP contribution in [-0.4, -0.2) is 29.4 Å². The summed E-state index contributed by atoms with van der Waals surface area (Å²) in [4.78, 5) is 17.8. The molecule has 0 atom stereocenters. The fourth-order valence-corrected chi connectivity index (χ4v) is 1.67. The lowest BCUT2D eigenvalue weighted by atomic mass is 10.2. The summed E-state index contributed by atoms with van der Waals surface area (Å²) < 4.78 is 0. The van der Waals surface area contributed by atoms with Crippen molar-refractivity contribution < 1.29 is 4.79 Å². The predicted octanol–water partition coefficient (Wildman–Crippen LogP) is 2.92. The molecule has 0 saturated carbocycles. The molecule has 0 fully saturated rings. The van der Waals surface area contributed by atoms with E-state index < -0.39 is 0 Å². The summed E-state index contributed by atoms with van der Waals surface area (Å²) in [6, 6.07) is 1.71. The molecule has 4 heteroatoms. The summed E-state index contributed by atoms with van der Waals surface area (Å²) in [5.74, 6) is -0.0639. The molecule has 0 unspecified atom stereocenters. The quantitative estimate of drug-likeness (QED) is 0.811. The molecule has 0 aliphatic carbocycles. The zero-order chi connectivity index (χ0) is 12.1. The van der Waals surface area contributed by atoms with Gasteiger partial charge in [0.05, 0.1) is 10.6 Å². The molecule has 0 bridgehead atoms. The lowest BCUT2D eigenvalue weighted by molar-refractivity contribution is 0.0793. The minimum Gasteiger partial charge on any atom is -0.342 e. The standard InChI is InChI=1S/C12H17ClN2O/c1-4-5-6-15(3)12(16)10-8-14-9(2)7-11(10)13/h7-8H,4-6H2,1-3H3. The van der Waals surface area contributed by atoms with Gasteiger partial charge in [0, 0.05) is 25.5 Å². The second-order valence-corrected chi connectivity index (χ2v) is 4.29. The van der Waals surface area contributed by atoms with E-state index in [0.717, 1.165) is 25.1 Å². The van der Waals surface area contributed by atoms with Gasteiger partial charge in [-0.1, -0.05) is 24.9 Å². The van der Waals surface area contributed by atoms with E-state index in [1.807, 2.05) is 6.92 Å². The average Bonchev–Trinajstić information content (AvgIpc) is 2.25. The zero-order valence-electron chi connectivity index (χ0n) is 9.96. The van der Waals surface area contributed by atoms with E-state index in [4.69, 9.17) is 11.6 Å². The molecule has 1 heterocycles. The zero-order valence-corrected chi connectivity index (χ0v) is 10.7. The Morgan fingerprint density at radius 1 is 1.56 bits per heavy atom. The van der Waals surface area contributed by atoms with E-state index >= 15 is 0 Å². The molecule has 3 nitrogen and oxygen atoms in total. The van der Waals surface area contributed by atoms with Gasteiger partial charge in [-0.3, -0.25) is 9.78 Å². The maximum Gasteiger partial charge on any atom is 0.256 e. The monoisotopic (exact) mass is 240 g/mol. The molecule has 0 aromatic carbocycles. The lowest BCUT2D eigenvalue weighted by Gasteiger charge is -2.17. The third-order valence-corrected chi connectivity index (χ3v) is 2.73. The Morgan fingerprint density at radius 3 is 2.81 bits per heavy atom. The van der Waals surface area contributed by atoms with Gasteiger partial charge in [-0.15, -0.1) is 0 Å². The fourth-order valence-electron chi connectivity index (χ4n) is 1.39. The van der Waals surface area contributed by atoms with Crippen molar-refractivity contribution in [2.45, 2.75) is 26.7 Å². The van der Waals surface area contributed by atoms with Gasteiger partial charge < -0.3 is 4.90 Å². The van der Waals surface area contributed by atoms with Crippen molar-refractivity contribution in [3.8, 4) is 0 Å². The molecule has 16 heavy (non-hydrogen) atoms. The highest BCUT2D eigenvalue weighted by molar-refractivity contribution is 6.33. The van der Waals surface area contributed by atoms with Gasteiger partial charge in [0.2, 0.25) is 0 Å². The average molecular weight is 241 g/mol. The van der Waals surface area contributed by atoms with E-state index in [1.165, 1.54) is 0 Å². The molecule has 88 valence electrons. The molecule has 1 aromatic rings. The van der Waals surface area contributed by atoms with Crippen molar-refractivity contribution >= 4 is 17.5 Å². The first-order valence-corrected chi connectivity index (χ1v) is 5.81. The van der Waals surface area contributed by atoms with Gasteiger partial charge in [0.25, 0.3) is 5.91 Å². The molecular weight excluding hydrogens is 224 g/mol. The smallest absolute Gasteiger partial charge is 0.256 e. The fraction of sp³-hybridized carbons (Fsp3) is 0.500. The van der Waals surface area contributed by atoms with Crippen LogP contribution in [0.1, 0.15) is 35.8 Å². The van der Waals surface area contributed by atoms with Crippen molar-refractivity contribution in [3.63, 3.8) is 0 Å². The maximum absolute atomic E-state index is 12.0. The number of aryl methyl sites for hydroxylation is 1. The molecule has 0 N–H and O–H groups in total. The van der Waals surface area contributed by atoms with Crippen LogP contribution in [0.25, 0.3) is 0 Å².